The van der Waals surface area contributed by atoms with E-state index in [0.717, 1.165) is 32.7 Å². The van der Waals surface area contributed by atoms with E-state index in [4.69, 9.17) is 5.73 Å². The van der Waals surface area contributed by atoms with Crippen LogP contribution in [0.3, 0.4) is 0 Å². The summed E-state index contributed by atoms with van der Waals surface area (Å²) in [5.74, 6) is 0. The molecule has 2 atom stereocenters. The molecule has 2 unspecified atom stereocenters. The zero-order chi connectivity index (χ0) is 11.4. The van der Waals surface area contributed by atoms with Crippen molar-refractivity contribution in [2.75, 3.05) is 53.9 Å². The van der Waals surface area contributed by atoms with Gasteiger partial charge in [0.1, 0.15) is 0 Å². The molecule has 0 aromatic heterocycles. The predicted molar refractivity (Wildman–Crippen MR) is 65.1 cm³/mol. The van der Waals surface area contributed by atoms with Crippen molar-refractivity contribution in [2.24, 2.45) is 5.73 Å². The van der Waals surface area contributed by atoms with Gasteiger partial charge in [-0.3, -0.25) is 9.80 Å². The molecule has 0 aliphatic carbocycles. The Balaban J connectivity index is 2.48. The van der Waals surface area contributed by atoms with Crippen LogP contribution in [0.2, 0.25) is 0 Å². The van der Waals surface area contributed by atoms with Gasteiger partial charge in [0.15, 0.2) is 0 Å². The molecule has 1 aliphatic heterocycles. The molecular weight excluding hydrogens is 188 g/mol. The van der Waals surface area contributed by atoms with Gasteiger partial charge in [0.2, 0.25) is 0 Å². The lowest BCUT2D eigenvalue weighted by molar-refractivity contribution is 0.0589. The molecule has 0 bridgehead atoms. The Hall–Kier alpha value is -0.160. The molecular formula is C11H26N4. The van der Waals surface area contributed by atoms with Crippen molar-refractivity contribution in [3.63, 3.8) is 0 Å². The van der Waals surface area contributed by atoms with Crippen molar-refractivity contribution < 1.29 is 0 Å². The summed E-state index contributed by atoms with van der Waals surface area (Å²) in [5, 5.41) is 0. The first-order valence-electron chi connectivity index (χ1n) is 5.83. The van der Waals surface area contributed by atoms with E-state index in [0.29, 0.717) is 12.1 Å². The topological polar surface area (TPSA) is 35.7 Å². The van der Waals surface area contributed by atoms with Gasteiger partial charge in [0.25, 0.3) is 0 Å². The van der Waals surface area contributed by atoms with E-state index in [1.54, 1.807) is 0 Å². The number of rotatable bonds is 4. The Kier molecular flexibility index (Phi) is 4.99. The molecule has 1 rings (SSSR count). The highest BCUT2D eigenvalue weighted by Crippen LogP contribution is 2.10. The number of likely N-dealkylation sites (N-methyl/N-ethyl adjacent to an activating group) is 2. The monoisotopic (exact) mass is 214 g/mol. The fourth-order valence-electron chi connectivity index (χ4n) is 2.14. The second kappa shape index (κ2) is 5.80. The van der Waals surface area contributed by atoms with Crippen LogP contribution in [0.5, 0.6) is 0 Å². The first kappa shape index (κ1) is 12.9. The van der Waals surface area contributed by atoms with Gasteiger partial charge in [-0.1, -0.05) is 0 Å². The second-order valence-electron chi connectivity index (χ2n) is 4.98. The number of hydrogen-bond donors (Lipinski definition) is 1. The molecule has 0 aromatic rings. The zero-order valence-corrected chi connectivity index (χ0v) is 10.6. The van der Waals surface area contributed by atoms with E-state index in [1.807, 2.05) is 0 Å². The molecule has 4 heteroatoms. The molecule has 0 saturated carbocycles. The van der Waals surface area contributed by atoms with Crippen molar-refractivity contribution in [1.29, 1.82) is 0 Å². The lowest BCUT2D eigenvalue weighted by atomic mass is 10.1. The number of nitrogens with zero attached hydrogens (tertiary/aromatic N) is 3. The Labute approximate surface area is 94.0 Å². The van der Waals surface area contributed by atoms with Gasteiger partial charge >= 0.3 is 0 Å². The van der Waals surface area contributed by atoms with E-state index < -0.39 is 0 Å². The normalized spacial score (nSPS) is 27.2. The molecule has 90 valence electrons. The van der Waals surface area contributed by atoms with Crippen LogP contribution in [0.1, 0.15) is 6.92 Å². The number of nitrogens with two attached hydrogens (primary N) is 1. The summed E-state index contributed by atoms with van der Waals surface area (Å²) in [4.78, 5) is 7.23. The van der Waals surface area contributed by atoms with Crippen LogP contribution < -0.4 is 5.73 Å². The maximum absolute atomic E-state index is 5.72. The largest absolute Gasteiger partial charge is 0.329 e. The maximum atomic E-state index is 5.72. The molecule has 0 amide bonds. The number of hydrogen-bond acceptors (Lipinski definition) is 4. The summed E-state index contributed by atoms with van der Waals surface area (Å²) in [6, 6.07) is 1.16. The maximum Gasteiger partial charge on any atom is 0.0347 e. The zero-order valence-electron chi connectivity index (χ0n) is 10.6. The van der Waals surface area contributed by atoms with Gasteiger partial charge in [-0.25, -0.2) is 0 Å². The molecule has 1 fully saturated rings. The van der Waals surface area contributed by atoms with Crippen molar-refractivity contribution in [2.45, 2.75) is 19.0 Å². The van der Waals surface area contributed by atoms with Gasteiger partial charge in [0.05, 0.1) is 0 Å². The van der Waals surface area contributed by atoms with E-state index in [2.05, 4.69) is 42.8 Å². The third-order valence-corrected chi connectivity index (χ3v) is 3.35. The van der Waals surface area contributed by atoms with Gasteiger partial charge in [-0.15, -0.1) is 0 Å². The van der Waals surface area contributed by atoms with Gasteiger partial charge in [-0.05, 0) is 28.1 Å². The molecule has 4 nitrogen and oxygen atoms in total. The van der Waals surface area contributed by atoms with Crippen LogP contribution in [0.15, 0.2) is 0 Å². The van der Waals surface area contributed by atoms with Gasteiger partial charge in [-0.2, -0.15) is 0 Å². The van der Waals surface area contributed by atoms with Crippen molar-refractivity contribution in [3.05, 3.63) is 0 Å². The summed E-state index contributed by atoms with van der Waals surface area (Å²) in [6.07, 6.45) is 0. The van der Waals surface area contributed by atoms with Crippen LogP contribution in [-0.4, -0.2) is 80.7 Å². The SMILES string of the molecule is CC(CN)N1CCN(C)C(CN(C)C)C1. The first-order chi connectivity index (χ1) is 7.04. The van der Waals surface area contributed by atoms with Gasteiger partial charge in [0, 0.05) is 44.8 Å². The van der Waals surface area contributed by atoms with Crippen molar-refractivity contribution in [1.82, 2.24) is 14.7 Å². The van der Waals surface area contributed by atoms with Crippen molar-refractivity contribution in [3.8, 4) is 0 Å². The highest BCUT2D eigenvalue weighted by molar-refractivity contribution is 4.84. The smallest absolute Gasteiger partial charge is 0.0347 e. The standard InChI is InChI=1S/C11H26N4/c1-10(7-12)15-6-5-14(4)11(9-15)8-13(2)3/h10-11H,5-9,12H2,1-4H3. The highest BCUT2D eigenvalue weighted by atomic mass is 15.3. The van der Waals surface area contributed by atoms with Gasteiger partial charge < -0.3 is 10.6 Å². The molecule has 0 radical (unpaired) electrons. The molecule has 1 aliphatic rings. The first-order valence-corrected chi connectivity index (χ1v) is 5.83. The Bertz CT molecular complexity index is 183. The highest BCUT2D eigenvalue weighted by Gasteiger charge is 2.26. The summed E-state index contributed by atoms with van der Waals surface area (Å²) in [5.41, 5.74) is 5.72. The average Bonchev–Trinajstić information content (AvgIpc) is 2.19. The summed E-state index contributed by atoms with van der Waals surface area (Å²) in [6.45, 7) is 7.56. The summed E-state index contributed by atoms with van der Waals surface area (Å²) >= 11 is 0. The molecule has 1 saturated heterocycles. The van der Waals surface area contributed by atoms with E-state index >= 15 is 0 Å². The van der Waals surface area contributed by atoms with Crippen LogP contribution in [-0.2, 0) is 0 Å². The Morgan fingerprint density at radius 1 is 1.40 bits per heavy atom. The minimum atomic E-state index is 0.517. The summed E-state index contributed by atoms with van der Waals surface area (Å²) in [7, 11) is 6.50. The van der Waals surface area contributed by atoms with Crippen LogP contribution in [0.4, 0.5) is 0 Å². The lowest BCUT2D eigenvalue weighted by Gasteiger charge is -2.42. The van der Waals surface area contributed by atoms with E-state index in [-0.39, 0.29) is 0 Å². The quantitative estimate of drug-likeness (QED) is 0.685. The molecule has 2 N–H and O–H groups in total. The number of piperazine rings is 1. The summed E-state index contributed by atoms with van der Waals surface area (Å²) < 4.78 is 0. The third kappa shape index (κ3) is 3.72. The van der Waals surface area contributed by atoms with E-state index in [9.17, 15) is 0 Å². The third-order valence-electron chi connectivity index (χ3n) is 3.35. The lowest BCUT2D eigenvalue weighted by Crippen LogP contribution is -2.57. The van der Waals surface area contributed by atoms with Crippen molar-refractivity contribution >= 4 is 0 Å². The molecule has 1 heterocycles. The Morgan fingerprint density at radius 2 is 2.07 bits per heavy atom. The van der Waals surface area contributed by atoms with Crippen LogP contribution in [0, 0.1) is 0 Å². The second-order valence-corrected chi connectivity index (χ2v) is 4.98. The fourth-order valence-corrected chi connectivity index (χ4v) is 2.14. The Morgan fingerprint density at radius 3 is 2.60 bits per heavy atom. The minimum absolute atomic E-state index is 0.517. The molecule has 0 spiro atoms. The predicted octanol–water partition coefficient (Wildman–Crippen LogP) is -0.489. The minimum Gasteiger partial charge on any atom is -0.329 e. The van der Waals surface area contributed by atoms with Crippen LogP contribution in [0.25, 0.3) is 0 Å². The van der Waals surface area contributed by atoms with Crippen LogP contribution >= 0.6 is 0 Å². The van der Waals surface area contributed by atoms with E-state index in [1.165, 1.54) is 0 Å². The molecule has 0 aromatic carbocycles. The molecule has 15 heavy (non-hydrogen) atoms. The average molecular weight is 214 g/mol. The fraction of sp³-hybridized carbons (Fsp3) is 1.00.